The number of hydrogen-bond acceptors (Lipinski definition) is 2. The van der Waals surface area contributed by atoms with Crippen LogP contribution in [0.2, 0.25) is 0 Å². The molecule has 20 heavy (non-hydrogen) atoms. The van der Waals surface area contributed by atoms with Gasteiger partial charge >= 0.3 is 12.0 Å². The molecule has 0 spiro atoms. The Bertz CT molecular complexity index is 491. The lowest BCUT2D eigenvalue weighted by atomic mass is 10.1. The number of amides is 2. The highest BCUT2D eigenvalue weighted by Crippen LogP contribution is 2.07. The van der Waals surface area contributed by atoms with Crippen molar-refractivity contribution in [2.24, 2.45) is 5.92 Å². The molecule has 2 amide bonds. The molecule has 5 nitrogen and oxygen atoms in total. The molecular weight excluding hydrogens is 263 g/mol. The van der Waals surface area contributed by atoms with Crippen LogP contribution < -0.4 is 5.32 Å². The minimum atomic E-state index is -1.08. The predicted molar refractivity (Wildman–Crippen MR) is 72.7 cm³/mol. The summed E-state index contributed by atoms with van der Waals surface area (Å²) < 4.78 is 13.0. The number of carboxylic acids is 1. The molecule has 0 fully saturated rings. The molecule has 0 radical (unpaired) electrons. The molecule has 0 aliphatic rings. The summed E-state index contributed by atoms with van der Waals surface area (Å²) in [4.78, 5) is 24.2. The Morgan fingerprint density at radius 1 is 1.40 bits per heavy atom. The first-order valence-electron chi connectivity index (χ1n) is 6.30. The molecule has 0 aromatic heterocycles. The fourth-order valence-corrected chi connectivity index (χ4v) is 1.74. The second-order valence-electron chi connectivity index (χ2n) is 5.00. The van der Waals surface area contributed by atoms with Gasteiger partial charge in [-0.1, -0.05) is 26.0 Å². The molecule has 1 aromatic rings. The van der Waals surface area contributed by atoms with Crippen LogP contribution in [-0.2, 0) is 11.3 Å². The van der Waals surface area contributed by atoms with Crippen molar-refractivity contribution in [3.05, 3.63) is 35.6 Å². The Balaban J connectivity index is 2.65. The molecule has 2 N–H and O–H groups in total. The van der Waals surface area contributed by atoms with Crippen molar-refractivity contribution in [3.8, 4) is 0 Å². The van der Waals surface area contributed by atoms with E-state index in [9.17, 15) is 14.0 Å². The number of nitrogens with one attached hydrogen (secondary N) is 1. The van der Waals surface area contributed by atoms with Gasteiger partial charge in [0.2, 0.25) is 0 Å². The smallest absolute Gasteiger partial charge is 0.326 e. The quantitative estimate of drug-likeness (QED) is 0.868. The highest BCUT2D eigenvalue weighted by molar-refractivity contribution is 5.82. The van der Waals surface area contributed by atoms with Crippen molar-refractivity contribution in [3.63, 3.8) is 0 Å². The zero-order valence-corrected chi connectivity index (χ0v) is 11.8. The summed E-state index contributed by atoms with van der Waals surface area (Å²) in [6.45, 7) is 3.63. The summed E-state index contributed by atoms with van der Waals surface area (Å²) in [5.41, 5.74) is 0.638. The van der Waals surface area contributed by atoms with Crippen molar-refractivity contribution in [1.82, 2.24) is 10.2 Å². The summed E-state index contributed by atoms with van der Waals surface area (Å²) in [6.07, 6.45) is 0. The number of aliphatic carboxylic acids is 1. The third-order valence-corrected chi connectivity index (χ3v) is 2.87. The second kappa shape index (κ2) is 6.88. The van der Waals surface area contributed by atoms with Gasteiger partial charge in [-0.2, -0.15) is 0 Å². The normalized spacial score (nSPS) is 12.1. The molecule has 0 saturated heterocycles. The number of benzene rings is 1. The van der Waals surface area contributed by atoms with Crippen LogP contribution in [0.4, 0.5) is 9.18 Å². The molecule has 0 unspecified atom stereocenters. The molecule has 1 rings (SSSR count). The van der Waals surface area contributed by atoms with Crippen LogP contribution in [0, 0.1) is 11.7 Å². The van der Waals surface area contributed by atoms with Gasteiger partial charge in [0.25, 0.3) is 0 Å². The van der Waals surface area contributed by atoms with Crippen LogP contribution in [-0.4, -0.2) is 35.1 Å². The average Bonchev–Trinajstić information content (AvgIpc) is 2.34. The third kappa shape index (κ3) is 4.53. The van der Waals surface area contributed by atoms with Crippen molar-refractivity contribution < 1.29 is 19.1 Å². The lowest BCUT2D eigenvalue weighted by Crippen LogP contribution is -2.48. The SMILES string of the molecule is CC(C)[C@H](NC(=O)N(C)Cc1cccc(F)c1)C(=O)O. The first-order valence-corrected chi connectivity index (χ1v) is 6.30. The zero-order chi connectivity index (χ0) is 15.3. The first kappa shape index (κ1) is 15.9. The second-order valence-corrected chi connectivity index (χ2v) is 5.00. The van der Waals surface area contributed by atoms with E-state index in [-0.39, 0.29) is 18.3 Å². The topological polar surface area (TPSA) is 69.6 Å². The Kier molecular flexibility index (Phi) is 5.49. The lowest BCUT2D eigenvalue weighted by Gasteiger charge is -2.23. The van der Waals surface area contributed by atoms with Gasteiger partial charge in [0, 0.05) is 13.6 Å². The number of carboxylic acid groups (broad SMARTS) is 1. The summed E-state index contributed by atoms with van der Waals surface area (Å²) in [6, 6.07) is 4.46. The van der Waals surface area contributed by atoms with Crippen molar-refractivity contribution in [1.29, 1.82) is 0 Å². The Morgan fingerprint density at radius 2 is 2.05 bits per heavy atom. The van der Waals surface area contributed by atoms with Gasteiger partial charge in [0.15, 0.2) is 0 Å². The van der Waals surface area contributed by atoms with Crippen molar-refractivity contribution in [2.45, 2.75) is 26.4 Å². The van der Waals surface area contributed by atoms with Gasteiger partial charge in [0.05, 0.1) is 0 Å². The van der Waals surface area contributed by atoms with Crippen LogP contribution in [0.5, 0.6) is 0 Å². The van der Waals surface area contributed by atoms with E-state index in [0.29, 0.717) is 5.56 Å². The number of halogens is 1. The highest BCUT2D eigenvalue weighted by Gasteiger charge is 2.24. The van der Waals surface area contributed by atoms with Gasteiger partial charge in [0.1, 0.15) is 11.9 Å². The van der Waals surface area contributed by atoms with E-state index in [4.69, 9.17) is 5.11 Å². The Morgan fingerprint density at radius 3 is 2.55 bits per heavy atom. The molecule has 6 heteroatoms. The minimum Gasteiger partial charge on any atom is -0.480 e. The van der Waals surface area contributed by atoms with E-state index in [0.717, 1.165) is 0 Å². The number of nitrogens with zero attached hydrogens (tertiary/aromatic N) is 1. The van der Waals surface area contributed by atoms with E-state index in [1.807, 2.05) is 0 Å². The van der Waals surface area contributed by atoms with E-state index in [1.54, 1.807) is 26.0 Å². The number of hydrogen-bond donors (Lipinski definition) is 2. The molecule has 110 valence electrons. The lowest BCUT2D eigenvalue weighted by molar-refractivity contribution is -0.140. The molecular formula is C14H19FN2O3. The minimum absolute atomic E-state index is 0.202. The van der Waals surface area contributed by atoms with Crippen LogP contribution in [0.3, 0.4) is 0 Å². The van der Waals surface area contributed by atoms with E-state index in [1.165, 1.54) is 24.1 Å². The highest BCUT2D eigenvalue weighted by atomic mass is 19.1. The van der Waals surface area contributed by atoms with Crippen LogP contribution in [0.1, 0.15) is 19.4 Å². The first-order chi connectivity index (χ1) is 9.31. The number of rotatable bonds is 5. The van der Waals surface area contributed by atoms with Crippen molar-refractivity contribution >= 4 is 12.0 Å². The molecule has 0 aliphatic heterocycles. The summed E-state index contributed by atoms with van der Waals surface area (Å²) in [5.74, 6) is -1.67. The van der Waals surface area contributed by atoms with Gasteiger partial charge in [-0.15, -0.1) is 0 Å². The van der Waals surface area contributed by atoms with Gasteiger partial charge in [-0.3, -0.25) is 0 Å². The fourth-order valence-electron chi connectivity index (χ4n) is 1.74. The molecule has 1 atom stereocenters. The summed E-state index contributed by atoms with van der Waals surface area (Å²) >= 11 is 0. The molecule has 0 saturated carbocycles. The maximum absolute atomic E-state index is 13.0. The van der Waals surface area contributed by atoms with Crippen molar-refractivity contribution in [2.75, 3.05) is 7.05 Å². The fraction of sp³-hybridized carbons (Fsp3) is 0.429. The van der Waals surface area contributed by atoms with Crippen LogP contribution in [0.15, 0.2) is 24.3 Å². The van der Waals surface area contributed by atoms with Crippen LogP contribution in [0.25, 0.3) is 0 Å². The summed E-state index contributed by atoms with van der Waals surface area (Å²) in [7, 11) is 1.53. The predicted octanol–water partition coefficient (Wildman–Crippen LogP) is 2.08. The number of carbonyl (C=O) groups is 2. The van der Waals surface area contributed by atoms with Gasteiger partial charge in [-0.05, 0) is 23.6 Å². The average molecular weight is 282 g/mol. The molecule has 0 bridgehead atoms. The molecule has 0 heterocycles. The summed E-state index contributed by atoms with van der Waals surface area (Å²) in [5, 5.41) is 11.5. The van der Waals surface area contributed by atoms with Gasteiger partial charge < -0.3 is 15.3 Å². The Labute approximate surface area is 117 Å². The molecule has 1 aromatic carbocycles. The van der Waals surface area contributed by atoms with Gasteiger partial charge in [-0.25, -0.2) is 14.0 Å². The largest absolute Gasteiger partial charge is 0.480 e. The maximum Gasteiger partial charge on any atom is 0.326 e. The van der Waals surface area contributed by atoms with E-state index in [2.05, 4.69) is 5.32 Å². The van der Waals surface area contributed by atoms with Crippen LogP contribution >= 0.6 is 0 Å². The Hall–Kier alpha value is -2.11. The van der Waals surface area contributed by atoms with E-state index < -0.39 is 18.0 Å². The zero-order valence-electron chi connectivity index (χ0n) is 11.8. The monoisotopic (exact) mass is 282 g/mol. The number of urea groups is 1. The van der Waals surface area contributed by atoms with E-state index >= 15 is 0 Å². The standard InChI is InChI=1S/C14H19FN2O3/c1-9(2)12(13(18)19)16-14(20)17(3)8-10-5-4-6-11(15)7-10/h4-7,9,12H,8H2,1-3H3,(H,16,20)(H,18,19)/t12-/m0/s1. The molecule has 0 aliphatic carbocycles. The third-order valence-electron chi connectivity index (χ3n) is 2.87. The maximum atomic E-state index is 13.0. The number of carbonyl (C=O) groups excluding carboxylic acids is 1.